The van der Waals surface area contributed by atoms with Crippen LogP contribution in [0.25, 0.3) is 0 Å². The van der Waals surface area contributed by atoms with E-state index in [4.69, 9.17) is 0 Å². The van der Waals surface area contributed by atoms with Gasteiger partial charge in [0.1, 0.15) is 0 Å². The van der Waals surface area contributed by atoms with Gasteiger partial charge in [0, 0.05) is 18.0 Å². The number of aromatic nitrogens is 1. The first-order chi connectivity index (χ1) is 7.79. The van der Waals surface area contributed by atoms with E-state index in [0.29, 0.717) is 16.3 Å². The largest absolute Gasteiger partial charge is 0.282 e. The molecule has 0 saturated carbocycles. The molecule has 2 aromatic rings. The molecule has 1 N–H and O–H groups in total. The summed E-state index contributed by atoms with van der Waals surface area (Å²) in [6, 6.07) is 11.7. The molecule has 0 aliphatic carbocycles. The molecule has 0 bridgehead atoms. The van der Waals surface area contributed by atoms with Crippen molar-refractivity contribution in [3.05, 3.63) is 60.4 Å². The summed E-state index contributed by atoms with van der Waals surface area (Å²) in [5.41, 5.74) is 0.825. The highest BCUT2D eigenvalue weighted by Crippen LogP contribution is 2.13. The standard InChI is InChI=1S/C12H10N2O2/c15-12(10-6-8-13-9-7-10)14(16)11-4-2-1-3-5-11/h1-9,16H. The molecule has 0 saturated heterocycles. The Kier molecular flexibility index (Phi) is 2.93. The number of rotatable bonds is 2. The smallest absolute Gasteiger partial charge is 0.281 e. The fourth-order valence-electron chi connectivity index (χ4n) is 1.30. The average molecular weight is 214 g/mol. The molecule has 80 valence electrons. The summed E-state index contributed by atoms with van der Waals surface area (Å²) in [6.07, 6.45) is 3.01. The summed E-state index contributed by atoms with van der Waals surface area (Å²) in [4.78, 5) is 15.6. The predicted molar refractivity (Wildman–Crippen MR) is 59.3 cm³/mol. The van der Waals surface area contributed by atoms with Crippen molar-refractivity contribution in [1.29, 1.82) is 0 Å². The van der Waals surface area contributed by atoms with Gasteiger partial charge in [-0.1, -0.05) is 18.2 Å². The van der Waals surface area contributed by atoms with E-state index in [1.807, 2.05) is 6.07 Å². The summed E-state index contributed by atoms with van der Waals surface area (Å²) < 4.78 is 0. The zero-order chi connectivity index (χ0) is 11.4. The minimum atomic E-state index is -0.478. The van der Waals surface area contributed by atoms with Crippen LogP contribution >= 0.6 is 0 Å². The summed E-state index contributed by atoms with van der Waals surface area (Å²) in [6.45, 7) is 0. The van der Waals surface area contributed by atoms with Crippen molar-refractivity contribution >= 4 is 11.6 Å². The van der Waals surface area contributed by atoms with E-state index >= 15 is 0 Å². The van der Waals surface area contributed by atoms with E-state index in [-0.39, 0.29) is 0 Å². The van der Waals surface area contributed by atoms with Crippen molar-refractivity contribution in [2.45, 2.75) is 0 Å². The molecule has 0 radical (unpaired) electrons. The van der Waals surface area contributed by atoms with Crippen LogP contribution in [0.4, 0.5) is 5.69 Å². The second kappa shape index (κ2) is 4.55. The molecule has 1 heterocycles. The van der Waals surface area contributed by atoms with Crippen LogP contribution in [0.1, 0.15) is 10.4 Å². The number of nitrogens with zero attached hydrogens (tertiary/aromatic N) is 2. The Morgan fingerprint density at radius 1 is 1.06 bits per heavy atom. The number of hydroxylamine groups is 1. The normalized spacial score (nSPS) is 9.81. The lowest BCUT2D eigenvalue weighted by atomic mass is 10.2. The number of para-hydroxylation sites is 1. The Hall–Kier alpha value is -2.20. The number of anilines is 1. The molecule has 1 amide bonds. The number of carbonyl (C=O) groups is 1. The molecule has 1 aromatic heterocycles. The Bertz CT molecular complexity index is 471. The van der Waals surface area contributed by atoms with Gasteiger partial charge in [-0.25, -0.2) is 0 Å². The summed E-state index contributed by atoms with van der Waals surface area (Å²) in [5, 5.41) is 10.3. The van der Waals surface area contributed by atoms with Gasteiger partial charge >= 0.3 is 0 Å². The van der Waals surface area contributed by atoms with Gasteiger partial charge in [-0.3, -0.25) is 15.0 Å². The monoisotopic (exact) mass is 214 g/mol. The van der Waals surface area contributed by atoms with Crippen molar-refractivity contribution < 1.29 is 10.0 Å². The molecule has 4 heteroatoms. The van der Waals surface area contributed by atoms with Gasteiger partial charge in [0.25, 0.3) is 5.91 Å². The molecule has 2 rings (SSSR count). The van der Waals surface area contributed by atoms with Gasteiger partial charge in [0.2, 0.25) is 0 Å². The number of pyridine rings is 1. The minimum Gasteiger partial charge on any atom is -0.281 e. The first kappa shape index (κ1) is 10.3. The maximum Gasteiger partial charge on any atom is 0.282 e. The second-order valence-corrected chi connectivity index (χ2v) is 3.19. The van der Waals surface area contributed by atoms with E-state index in [2.05, 4.69) is 4.98 Å². The Balaban J connectivity index is 2.24. The maximum absolute atomic E-state index is 11.8. The number of hydrogen-bond acceptors (Lipinski definition) is 3. The Morgan fingerprint density at radius 2 is 1.69 bits per heavy atom. The molecular weight excluding hydrogens is 204 g/mol. The third-order valence-corrected chi connectivity index (χ3v) is 2.12. The van der Waals surface area contributed by atoms with Gasteiger partial charge in [-0.05, 0) is 24.3 Å². The molecule has 1 aromatic carbocycles. The lowest BCUT2D eigenvalue weighted by molar-refractivity contribution is 0.0854. The van der Waals surface area contributed by atoms with Gasteiger partial charge < -0.3 is 0 Å². The van der Waals surface area contributed by atoms with Crippen LogP contribution in [0, 0.1) is 0 Å². The molecule has 4 nitrogen and oxygen atoms in total. The molecular formula is C12H10N2O2. The first-order valence-electron chi connectivity index (χ1n) is 4.77. The Morgan fingerprint density at radius 3 is 2.31 bits per heavy atom. The molecule has 16 heavy (non-hydrogen) atoms. The van der Waals surface area contributed by atoms with Crippen LogP contribution in [0.5, 0.6) is 0 Å². The van der Waals surface area contributed by atoms with Gasteiger partial charge in [0.15, 0.2) is 0 Å². The van der Waals surface area contributed by atoms with Crippen LogP contribution in [-0.4, -0.2) is 16.1 Å². The molecule has 0 atom stereocenters. The molecule has 0 fully saturated rings. The molecule has 0 spiro atoms. The zero-order valence-electron chi connectivity index (χ0n) is 8.45. The van der Waals surface area contributed by atoms with E-state index in [1.54, 1.807) is 36.4 Å². The molecule has 0 aliphatic rings. The van der Waals surface area contributed by atoms with E-state index in [1.165, 1.54) is 12.4 Å². The fraction of sp³-hybridized carbons (Fsp3) is 0. The minimum absolute atomic E-state index is 0.390. The van der Waals surface area contributed by atoms with Gasteiger partial charge in [0.05, 0.1) is 5.69 Å². The van der Waals surface area contributed by atoms with Crippen molar-refractivity contribution in [2.24, 2.45) is 0 Å². The maximum atomic E-state index is 11.8. The summed E-state index contributed by atoms with van der Waals surface area (Å²) in [7, 11) is 0. The van der Waals surface area contributed by atoms with Crippen LogP contribution in [0.3, 0.4) is 0 Å². The lowest BCUT2D eigenvalue weighted by Gasteiger charge is -2.14. The third-order valence-electron chi connectivity index (χ3n) is 2.12. The van der Waals surface area contributed by atoms with Crippen molar-refractivity contribution in [3.8, 4) is 0 Å². The zero-order valence-corrected chi connectivity index (χ0v) is 8.45. The lowest BCUT2D eigenvalue weighted by Crippen LogP contribution is -2.26. The molecule has 0 aliphatic heterocycles. The first-order valence-corrected chi connectivity index (χ1v) is 4.77. The SMILES string of the molecule is O=C(c1ccncc1)N(O)c1ccccc1. The fourth-order valence-corrected chi connectivity index (χ4v) is 1.30. The third kappa shape index (κ3) is 2.07. The van der Waals surface area contributed by atoms with Gasteiger partial charge in [-0.15, -0.1) is 0 Å². The molecule has 0 unspecified atom stereocenters. The van der Waals surface area contributed by atoms with Crippen molar-refractivity contribution in [3.63, 3.8) is 0 Å². The predicted octanol–water partition coefficient (Wildman–Crippen LogP) is 2.12. The van der Waals surface area contributed by atoms with Crippen LogP contribution in [-0.2, 0) is 0 Å². The van der Waals surface area contributed by atoms with E-state index in [9.17, 15) is 10.0 Å². The number of benzene rings is 1. The topological polar surface area (TPSA) is 53.4 Å². The van der Waals surface area contributed by atoms with Crippen LogP contribution in [0.15, 0.2) is 54.9 Å². The summed E-state index contributed by atoms with van der Waals surface area (Å²) >= 11 is 0. The number of amides is 1. The van der Waals surface area contributed by atoms with Gasteiger partial charge in [-0.2, -0.15) is 5.06 Å². The van der Waals surface area contributed by atoms with Crippen molar-refractivity contribution in [2.75, 3.05) is 5.06 Å². The van der Waals surface area contributed by atoms with E-state index < -0.39 is 5.91 Å². The second-order valence-electron chi connectivity index (χ2n) is 3.19. The van der Waals surface area contributed by atoms with Crippen LogP contribution in [0.2, 0.25) is 0 Å². The highest BCUT2D eigenvalue weighted by atomic mass is 16.5. The number of hydrogen-bond donors (Lipinski definition) is 1. The van der Waals surface area contributed by atoms with E-state index in [0.717, 1.165) is 0 Å². The highest BCUT2D eigenvalue weighted by Gasteiger charge is 2.14. The average Bonchev–Trinajstić information content (AvgIpc) is 2.39. The number of carbonyl (C=O) groups excluding carboxylic acids is 1. The van der Waals surface area contributed by atoms with Crippen molar-refractivity contribution in [1.82, 2.24) is 4.98 Å². The van der Waals surface area contributed by atoms with Crippen LogP contribution < -0.4 is 5.06 Å². The summed E-state index contributed by atoms with van der Waals surface area (Å²) in [5.74, 6) is -0.478. The quantitative estimate of drug-likeness (QED) is 0.615. The Labute approximate surface area is 92.7 Å². The highest BCUT2D eigenvalue weighted by molar-refractivity contribution is 6.04.